The van der Waals surface area contributed by atoms with Crippen molar-refractivity contribution in [3.63, 3.8) is 0 Å². The first-order chi connectivity index (χ1) is 36.6. The number of nitrogens with one attached hydrogen (secondary N) is 3. The van der Waals surface area contributed by atoms with E-state index < -0.39 is 19.0 Å². The van der Waals surface area contributed by atoms with Gasteiger partial charge in [-0.25, -0.2) is 14.9 Å². The summed E-state index contributed by atoms with van der Waals surface area (Å²) in [4.78, 5) is 44.7. The standard InChI is InChI=1S/C18H23N3O3S.C14H20N2O2.C13H18N2.C6H14N2.C3H6O3.CHNS.2CH4.K/c22-12-16-10-19-17(25)21(16)11-14-6-8-20(9-7-14)18(23)24-13-15-4-2-1-3-5-15;15-10-12-6-8-16(9-7-12)14(17)18-11-13-4-2-1-3-5-13;1-2-4-12(5-3-1)10-15-11-13-6-8-14-9-7-13;7-5-6-1-3-8-4-2-6;4-1-3(6)2-5;2-1-3;;;/h1-5,10,14,22H,6-9,11-13H2,(H,19,25);1-5,12H,6-11,15H2;1-5,10,13-14H,6-9,11H2;6,8H,1-5,7H2;4-5H,1-2H2;3H;2*1H4;/q;;;;;;;;+1/p-1. The first-order valence-corrected chi connectivity index (χ1v) is 26.8. The maximum Gasteiger partial charge on any atom is 1.00 e. The van der Waals surface area contributed by atoms with Crippen LogP contribution in [0, 0.1) is 39.1 Å². The van der Waals surface area contributed by atoms with Crippen LogP contribution in [0.15, 0.2) is 102 Å². The number of Topliss-reactive ketones (excluding diaryl/α,β-unsaturated/α-hetero) is 1. The number of aromatic amines is 1. The van der Waals surface area contributed by atoms with Gasteiger partial charge in [0.1, 0.15) is 26.4 Å². The molecule has 2 amide bonds. The number of ketones is 1. The summed E-state index contributed by atoms with van der Waals surface area (Å²) in [5, 5.41) is 40.2. The number of nitrogens with two attached hydrogens (primary N) is 2. The molecule has 428 valence electrons. The molecule has 1 aromatic heterocycles. The molecule has 4 fully saturated rings. The average Bonchev–Trinajstić information content (AvgIpc) is 3.83. The number of aromatic nitrogens is 2. The normalized spacial score (nSPS) is 15.4. The third-order valence-corrected chi connectivity index (χ3v) is 13.4. The molecule has 5 heterocycles. The van der Waals surface area contributed by atoms with Crippen LogP contribution in [0.4, 0.5) is 9.59 Å². The minimum Gasteiger partial charge on any atom is -0.696 e. The number of benzene rings is 3. The third-order valence-electron chi connectivity index (χ3n) is 13.1. The topological polar surface area (TPSA) is 270 Å². The second-order valence-corrected chi connectivity index (χ2v) is 19.1. The molecule has 0 atom stereocenters. The molecule has 0 bridgehead atoms. The van der Waals surface area contributed by atoms with Crippen molar-refractivity contribution in [2.45, 2.75) is 92.6 Å². The number of aliphatic hydroxyl groups excluding tert-OH is 3. The molecular formula is C57H89KN10O8S2. The Morgan fingerprint density at radius 3 is 1.46 bits per heavy atom. The van der Waals surface area contributed by atoms with E-state index in [-0.39, 0.29) is 85.0 Å². The van der Waals surface area contributed by atoms with Gasteiger partial charge in [-0.2, -0.15) is 0 Å². The molecule has 4 aromatic rings. The molecule has 4 saturated heterocycles. The first-order valence-electron chi connectivity index (χ1n) is 26.0. The van der Waals surface area contributed by atoms with Crippen LogP contribution in [-0.2, 0) is 53.3 Å². The Morgan fingerprint density at radius 2 is 1.08 bits per heavy atom. The van der Waals surface area contributed by atoms with Gasteiger partial charge in [0.15, 0.2) is 10.6 Å². The van der Waals surface area contributed by atoms with Crippen molar-refractivity contribution in [3.05, 3.63) is 124 Å². The summed E-state index contributed by atoms with van der Waals surface area (Å²) in [6.07, 6.45) is 12.1. The van der Waals surface area contributed by atoms with Crippen molar-refractivity contribution < 1.29 is 90.6 Å². The molecule has 0 radical (unpaired) electrons. The quantitative estimate of drug-likeness (QED) is 0.0292. The van der Waals surface area contributed by atoms with Crippen LogP contribution in [0.5, 0.6) is 0 Å². The van der Waals surface area contributed by atoms with Crippen molar-refractivity contribution in [2.75, 3.05) is 85.2 Å². The Bertz CT molecular complexity index is 2240. The molecule has 21 heteroatoms. The number of piperidine rings is 4. The van der Waals surface area contributed by atoms with E-state index in [9.17, 15) is 19.5 Å². The van der Waals surface area contributed by atoms with Crippen LogP contribution in [0.3, 0.4) is 0 Å². The number of rotatable bonds is 14. The van der Waals surface area contributed by atoms with Crippen LogP contribution in [0.1, 0.15) is 88.6 Å². The molecule has 78 heavy (non-hydrogen) atoms. The van der Waals surface area contributed by atoms with E-state index in [0.29, 0.717) is 49.5 Å². The number of nitrogens with zero attached hydrogens (tertiary/aromatic N) is 5. The first kappa shape index (κ1) is 74.0. The number of imidazole rings is 1. The number of carbonyl (C=O) groups excluding carboxylic acids is 3. The summed E-state index contributed by atoms with van der Waals surface area (Å²) in [5.74, 6) is 2.03. The summed E-state index contributed by atoms with van der Waals surface area (Å²) in [6, 6.07) is 29.7. The smallest absolute Gasteiger partial charge is 0.696 e. The fourth-order valence-electron chi connectivity index (χ4n) is 8.37. The average molecular weight is 1150 g/mol. The molecule has 18 nitrogen and oxygen atoms in total. The SMILES string of the molecule is C.C.C(=NCC1CCNCC1)c1ccccc1.N#C[S-].NCC1CCN(C(=O)OCc2ccccc2)CC1.NCC1CCNCC1.O=C(CO)CO.O=C(OCc1ccccc1)N1CCC(Cn2c(CO)c[nH]c2=S)CC1.[K+]. The van der Waals surface area contributed by atoms with Crippen molar-refractivity contribution in [1.82, 2.24) is 30.0 Å². The Kier molecular flexibility index (Phi) is 44.4. The van der Waals surface area contributed by atoms with Crippen molar-refractivity contribution in [1.29, 1.82) is 5.26 Å². The van der Waals surface area contributed by atoms with E-state index in [2.05, 4.69) is 45.4 Å². The molecule has 3 aromatic carbocycles. The van der Waals surface area contributed by atoms with Gasteiger partial charge in [0.05, 0.1) is 12.3 Å². The Morgan fingerprint density at radius 1 is 0.679 bits per heavy atom. The van der Waals surface area contributed by atoms with E-state index in [0.717, 1.165) is 100 Å². The van der Waals surface area contributed by atoms with Gasteiger partial charge < -0.3 is 78.9 Å². The molecule has 4 aliphatic heterocycles. The molecule has 0 aliphatic carbocycles. The van der Waals surface area contributed by atoms with Gasteiger partial charge >= 0.3 is 63.6 Å². The number of H-pyrrole nitrogens is 1. The second kappa shape index (κ2) is 46.8. The summed E-state index contributed by atoms with van der Waals surface area (Å²) >= 11 is 8.96. The number of amides is 2. The zero-order chi connectivity index (χ0) is 54.3. The number of aliphatic imine (C=N–C) groups is 1. The van der Waals surface area contributed by atoms with E-state index in [1.165, 1.54) is 49.7 Å². The Balaban J connectivity index is 0.000000994. The van der Waals surface area contributed by atoms with Crippen molar-refractivity contribution in [2.24, 2.45) is 40.1 Å². The molecule has 4 aliphatic rings. The number of aliphatic hydroxyl groups is 3. The summed E-state index contributed by atoms with van der Waals surface area (Å²) in [7, 11) is 0. The van der Waals surface area contributed by atoms with E-state index in [4.69, 9.17) is 48.6 Å². The fraction of sp³-hybridized carbons (Fsp3) is 0.544. The summed E-state index contributed by atoms with van der Waals surface area (Å²) in [5.41, 5.74) is 15.1. The van der Waals surface area contributed by atoms with Gasteiger partial charge in [0, 0.05) is 51.7 Å². The van der Waals surface area contributed by atoms with Crippen molar-refractivity contribution in [3.8, 4) is 5.40 Å². The van der Waals surface area contributed by atoms with E-state index in [1.807, 2.05) is 89.6 Å². The zero-order valence-corrected chi connectivity index (χ0v) is 49.1. The molecule has 0 spiro atoms. The third kappa shape index (κ3) is 31.7. The van der Waals surface area contributed by atoms with Crippen LogP contribution in [-0.4, -0.2) is 144 Å². The Labute approximate surface area is 518 Å². The molecule has 0 saturated carbocycles. The van der Waals surface area contributed by atoms with Gasteiger partial charge in [-0.3, -0.25) is 9.79 Å². The van der Waals surface area contributed by atoms with Gasteiger partial charge in [0.2, 0.25) is 0 Å². The number of carbonyl (C=O) groups is 3. The molecule has 10 N–H and O–H groups in total. The number of thiocyanates is 1. The second-order valence-electron chi connectivity index (χ2n) is 18.5. The van der Waals surface area contributed by atoms with Gasteiger partial charge in [-0.1, -0.05) is 111 Å². The predicted molar refractivity (Wildman–Crippen MR) is 311 cm³/mol. The summed E-state index contributed by atoms with van der Waals surface area (Å²) in [6.45, 7) is 10.4. The van der Waals surface area contributed by atoms with Crippen molar-refractivity contribution >= 4 is 49.0 Å². The Hall–Kier alpha value is -3.96. The zero-order valence-electron chi connectivity index (χ0n) is 44.4. The maximum absolute atomic E-state index is 12.2. The van der Waals surface area contributed by atoms with Crippen LogP contribution in [0.25, 0.3) is 0 Å². The van der Waals surface area contributed by atoms with Gasteiger partial charge in [-0.05, 0) is 143 Å². The molecule has 0 unspecified atom stereocenters. The number of hydrogen-bond donors (Lipinski definition) is 8. The van der Waals surface area contributed by atoms with Gasteiger partial charge in [0.25, 0.3) is 0 Å². The number of likely N-dealkylation sites (tertiary alicyclic amines) is 2. The molecule has 8 rings (SSSR count). The number of hydrogen-bond acceptors (Lipinski definition) is 16. The minimum absolute atomic E-state index is 0. The minimum atomic E-state index is -0.559. The van der Waals surface area contributed by atoms with Crippen LogP contribution >= 0.6 is 12.2 Å². The van der Waals surface area contributed by atoms with E-state index in [1.54, 1.807) is 16.0 Å². The van der Waals surface area contributed by atoms with Crippen LogP contribution in [0.2, 0.25) is 0 Å². The van der Waals surface area contributed by atoms with E-state index >= 15 is 0 Å². The predicted octanol–water partition coefficient (Wildman–Crippen LogP) is 3.96. The molecular weight excluding hydrogens is 1060 g/mol. The number of nitriles is 1. The monoisotopic (exact) mass is 1140 g/mol. The number of ether oxygens (including phenoxy) is 2. The largest absolute Gasteiger partial charge is 1.00 e. The fourth-order valence-corrected chi connectivity index (χ4v) is 8.62. The van der Waals surface area contributed by atoms with Gasteiger partial charge in [-0.15, -0.1) is 0 Å². The van der Waals surface area contributed by atoms with Crippen LogP contribution < -0.4 is 73.5 Å². The summed E-state index contributed by atoms with van der Waals surface area (Å²) < 4.78 is 13.3. The maximum atomic E-state index is 12.2.